The van der Waals surface area contributed by atoms with Gasteiger partial charge in [-0.1, -0.05) is 0 Å². The van der Waals surface area contributed by atoms with E-state index in [2.05, 4.69) is 5.32 Å². The van der Waals surface area contributed by atoms with Crippen molar-refractivity contribution in [2.75, 3.05) is 25.2 Å². The minimum Gasteiger partial charge on any atom is -0.373 e. The van der Waals surface area contributed by atoms with Crippen LogP contribution in [0.5, 0.6) is 0 Å². The number of amides is 1. The predicted octanol–water partition coefficient (Wildman–Crippen LogP) is 0.752. The lowest BCUT2D eigenvalue weighted by Gasteiger charge is -2.24. The van der Waals surface area contributed by atoms with Gasteiger partial charge in [-0.2, -0.15) is 11.8 Å². The van der Waals surface area contributed by atoms with Gasteiger partial charge in [-0.25, -0.2) is 0 Å². The maximum Gasteiger partial charge on any atom is 0.237 e. The Balaban J connectivity index is 2.23. The standard InChI is InChI=1S/C11H22N2O2S/c1-11(5-3-6-15-11)8-13-10(14)9(12)4-7-16-2/h9H,3-8,12H2,1-2H3,(H,13,14)/t9-,11?/m1/s1. The number of rotatable bonds is 6. The second-order valence-corrected chi connectivity index (χ2v) is 5.49. The Morgan fingerprint density at radius 1 is 1.69 bits per heavy atom. The number of thioether (sulfide) groups is 1. The van der Waals surface area contributed by atoms with Gasteiger partial charge in [0.05, 0.1) is 11.6 Å². The van der Waals surface area contributed by atoms with Crippen molar-refractivity contribution in [2.45, 2.75) is 37.8 Å². The molecule has 16 heavy (non-hydrogen) atoms. The van der Waals surface area contributed by atoms with Crippen LogP contribution in [0, 0.1) is 0 Å². The van der Waals surface area contributed by atoms with E-state index < -0.39 is 6.04 Å². The van der Waals surface area contributed by atoms with Crippen LogP contribution < -0.4 is 11.1 Å². The molecule has 1 amide bonds. The zero-order valence-corrected chi connectivity index (χ0v) is 10.9. The monoisotopic (exact) mass is 246 g/mol. The summed E-state index contributed by atoms with van der Waals surface area (Å²) >= 11 is 1.71. The minimum absolute atomic E-state index is 0.0641. The van der Waals surface area contributed by atoms with Crippen molar-refractivity contribution in [1.82, 2.24) is 5.32 Å². The van der Waals surface area contributed by atoms with Crippen molar-refractivity contribution in [1.29, 1.82) is 0 Å². The zero-order chi connectivity index (χ0) is 12.0. The number of carbonyl (C=O) groups excluding carboxylic acids is 1. The van der Waals surface area contributed by atoms with E-state index in [9.17, 15) is 4.79 Å². The number of hydrogen-bond acceptors (Lipinski definition) is 4. The molecule has 1 unspecified atom stereocenters. The summed E-state index contributed by atoms with van der Waals surface area (Å²) < 4.78 is 5.59. The first-order valence-corrected chi connectivity index (χ1v) is 7.13. The molecule has 1 rings (SSSR count). The average Bonchev–Trinajstić information content (AvgIpc) is 2.70. The highest BCUT2D eigenvalue weighted by Crippen LogP contribution is 2.23. The minimum atomic E-state index is -0.391. The fraction of sp³-hybridized carbons (Fsp3) is 0.909. The Bertz CT molecular complexity index is 230. The number of ether oxygens (including phenoxy) is 1. The molecule has 0 radical (unpaired) electrons. The summed E-state index contributed by atoms with van der Waals surface area (Å²) in [5, 5.41) is 2.88. The van der Waals surface area contributed by atoms with Crippen molar-refractivity contribution in [3.63, 3.8) is 0 Å². The number of nitrogens with one attached hydrogen (secondary N) is 1. The first kappa shape index (κ1) is 13.8. The highest BCUT2D eigenvalue weighted by atomic mass is 32.2. The van der Waals surface area contributed by atoms with Crippen LogP contribution in [0.15, 0.2) is 0 Å². The van der Waals surface area contributed by atoms with E-state index in [0.717, 1.165) is 31.6 Å². The normalized spacial score (nSPS) is 26.7. The predicted molar refractivity (Wildman–Crippen MR) is 67.6 cm³/mol. The molecule has 1 saturated heterocycles. The van der Waals surface area contributed by atoms with Gasteiger partial charge in [0.25, 0.3) is 0 Å². The third-order valence-electron chi connectivity index (χ3n) is 2.91. The van der Waals surface area contributed by atoms with E-state index in [1.165, 1.54) is 0 Å². The maximum absolute atomic E-state index is 11.6. The Morgan fingerprint density at radius 2 is 2.44 bits per heavy atom. The van der Waals surface area contributed by atoms with Crippen LogP contribution in [0.1, 0.15) is 26.2 Å². The van der Waals surface area contributed by atoms with Gasteiger partial charge in [-0.3, -0.25) is 4.79 Å². The molecule has 0 spiro atoms. The lowest BCUT2D eigenvalue weighted by Crippen LogP contribution is -2.47. The second-order valence-electron chi connectivity index (χ2n) is 4.51. The summed E-state index contributed by atoms with van der Waals surface area (Å²) in [6, 6.07) is -0.391. The molecule has 0 bridgehead atoms. The molecular formula is C11H22N2O2S. The van der Waals surface area contributed by atoms with Crippen molar-refractivity contribution >= 4 is 17.7 Å². The fourth-order valence-electron chi connectivity index (χ4n) is 1.76. The molecule has 0 aromatic carbocycles. The molecule has 94 valence electrons. The molecule has 4 nitrogen and oxygen atoms in total. The van der Waals surface area contributed by atoms with Crippen LogP contribution in [-0.4, -0.2) is 42.7 Å². The highest BCUT2D eigenvalue weighted by Gasteiger charge is 2.30. The quantitative estimate of drug-likeness (QED) is 0.726. The fourth-order valence-corrected chi connectivity index (χ4v) is 2.25. The molecule has 0 aromatic heterocycles. The average molecular weight is 246 g/mol. The van der Waals surface area contributed by atoms with Gasteiger partial charge >= 0.3 is 0 Å². The number of nitrogens with two attached hydrogens (primary N) is 1. The Kier molecular flexibility index (Phi) is 5.58. The van der Waals surface area contributed by atoms with E-state index in [-0.39, 0.29) is 11.5 Å². The summed E-state index contributed by atoms with van der Waals surface area (Å²) in [4.78, 5) is 11.6. The number of hydrogen-bond donors (Lipinski definition) is 2. The van der Waals surface area contributed by atoms with E-state index in [1.807, 2.05) is 13.2 Å². The first-order chi connectivity index (χ1) is 7.57. The van der Waals surface area contributed by atoms with Gasteiger partial charge < -0.3 is 15.8 Å². The summed E-state index contributed by atoms with van der Waals surface area (Å²) in [7, 11) is 0. The summed E-state index contributed by atoms with van der Waals surface area (Å²) in [5.41, 5.74) is 5.58. The molecule has 0 saturated carbocycles. The summed E-state index contributed by atoms with van der Waals surface area (Å²) in [6.45, 7) is 3.40. The van der Waals surface area contributed by atoms with Crippen LogP contribution in [0.4, 0.5) is 0 Å². The molecule has 3 N–H and O–H groups in total. The smallest absolute Gasteiger partial charge is 0.237 e. The third-order valence-corrected chi connectivity index (χ3v) is 3.55. The van der Waals surface area contributed by atoms with Crippen molar-refractivity contribution in [2.24, 2.45) is 5.73 Å². The highest BCUT2D eigenvalue weighted by molar-refractivity contribution is 7.98. The maximum atomic E-state index is 11.6. The molecule has 1 fully saturated rings. The van der Waals surface area contributed by atoms with Crippen molar-refractivity contribution < 1.29 is 9.53 Å². The third kappa shape index (κ3) is 4.31. The van der Waals surface area contributed by atoms with Crippen LogP contribution in [0.2, 0.25) is 0 Å². The molecule has 0 aromatic rings. The Labute approximate surface area is 102 Å². The Hall–Kier alpha value is -0.260. The van der Waals surface area contributed by atoms with E-state index in [4.69, 9.17) is 10.5 Å². The summed E-state index contributed by atoms with van der Waals surface area (Å²) in [5.74, 6) is 0.855. The lowest BCUT2D eigenvalue weighted by atomic mass is 10.0. The van der Waals surface area contributed by atoms with Crippen LogP contribution in [-0.2, 0) is 9.53 Å². The molecule has 0 aliphatic carbocycles. The summed E-state index contributed by atoms with van der Waals surface area (Å²) in [6.07, 6.45) is 4.82. The SMILES string of the molecule is CSCC[C@@H](N)C(=O)NCC1(C)CCCO1. The molecule has 1 aliphatic rings. The van der Waals surface area contributed by atoms with Gasteiger partial charge in [-0.15, -0.1) is 0 Å². The number of carbonyl (C=O) groups is 1. The van der Waals surface area contributed by atoms with Crippen LogP contribution in [0.25, 0.3) is 0 Å². The van der Waals surface area contributed by atoms with Gasteiger partial charge in [0.2, 0.25) is 5.91 Å². The van der Waals surface area contributed by atoms with Crippen LogP contribution in [0.3, 0.4) is 0 Å². The van der Waals surface area contributed by atoms with Crippen molar-refractivity contribution in [3.8, 4) is 0 Å². The van der Waals surface area contributed by atoms with Crippen LogP contribution >= 0.6 is 11.8 Å². The molecule has 1 heterocycles. The van der Waals surface area contributed by atoms with E-state index in [0.29, 0.717) is 6.54 Å². The van der Waals surface area contributed by atoms with Gasteiger partial charge in [0.1, 0.15) is 0 Å². The molecule has 1 aliphatic heterocycles. The Morgan fingerprint density at radius 3 is 3.00 bits per heavy atom. The molecule has 5 heteroatoms. The second kappa shape index (κ2) is 6.47. The molecular weight excluding hydrogens is 224 g/mol. The largest absolute Gasteiger partial charge is 0.373 e. The topological polar surface area (TPSA) is 64.4 Å². The van der Waals surface area contributed by atoms with E-state index >= 15 is 0 Å². The van der Waals surface area contributed by atoms with E-state index in [1.54, 1.807) is 11.8 Å². The van der Waals surface area contributed by atoms with Gasteiger partial charge in [0, 0.05) is 13.2 Å². The van der Waals surface area contributed by atoms with Crippen molar-refractivity contribution in [3.05, 3.63) is 0 Å². The molecule has 2 atom stereocenters. The lowest BCUT2D eigenvalue weighted by molar-refractivity contribution is -0.123. The van der Waals surface area contributed by atoms with Gasteiger partial charge in [-0.05, 0) is 38.2 Å². The zero-order valence-electron chi connectivity index (χ0n) is 10.1. The van der Waals surface area contributed by atoms with Gasteiger partial charge in [0.15, 0.2) is 0 Å². The first-order valence-electron chi connectivity index (χ1n) is 5.73.